The van der Waals surface area contributed by atoms with Crippen LogP contribution in [0.15, 0.2) is 0 Å². The van der Waals surface area contributed by atoms with Gasteiger partial charge in [0.2, 0.25) is 0 Å². The molecule has 0 amide bonds. The third kappa shape index (κ3) is 5.63. The van der Waals surface area contributed by atoms with Gasteiger partial charge in [-0.3, -0.25) is 9.68 Å². The van der Waals surface area contributed by atoms with Crippen LogP contribution in [0, 0.1) is 0 Å². The highest BCUT2D eigenvalue weighted by molar-refractivity contribution is 5.72. The van der Waals surface area contributed by atoms with Crippen molar-refractivity contribution < 1.29 is 29.6 Å². The Morgan fingerprint density at radius 3 is 2.42 bits per heavy atom. The van der Waals surface area contributed by atoms with Gasteiger partial charge in [0.1, 0.15) is 0 Å². The first-order valence-electron chi connectivity index (χ1n) is 3.19. The summed E-state index contributed by atoms with van der Waals surface area (Å²) in [6, 6.07) is 0. The summed E-state index contributed by atoms with van der Waals surface area (Å²) in [5.41, 5.74) is 0. The maximum absolute atomic E-state index is 10.5. The number of aliphatic hydroxyl groups is 1. The molecule has 0 aliphatic rings. The molecule has 0 bridgehead atoms. The van der Waals surface area contributed by atoms with Gasteiger partial charge in [-0.2, -0.15) is 4.89 Å². The predicted octanol–water partition coefficient (Wildman–Crippen LogP) is -0.683. The lowest BCUT2D eigenvalue weighted by Gasteiger charge is -2.04. The van der Waals surface area contributed by atoms with Crippen molar-refractivity contribution in [2.75, 3.05) is 7.11 Å². The van der Waals surface area contributed by atoms with E-state index < -0.39 is 24.5 Å². The van der Waals surface area contributed by atoms with Crippen LogP contribution in [0.5, 0.6) is 0 Å². The van der Waals surface area contributed by atoms with Crippen LogP contribution in [-0.2, 0) is 19.4 Å². The average molecular weight is 178 g/mol. The maximum Gasteiger partial charge on any atom is 0.344 e. The van der Waals surface area contributed by atoms with E-state index in [0.29, 0.717) is 0 Å². The van der Waals surface area contributed by atoms with E-state index in [-0.39, 0.29) is 6.42 Å². The van der Waals surface area contributed by atoms with E-state index in [1.807, 2.05) is 0 Å². The van der Waals surface area contributed by atoms with Crippen molar-refractivity contribution >= 4 is 11.9 Å². The molecule has 6 nitrogen and oxygen atoms in total. The van der Waals surface area contributed by atoms with Crippen molar-refractivity contribution in [3.05, 3.63) is 0 Å². The summed E-state index contributed by atoms with van der Waals surface area (Å²) in [6.07, 6.45) is -2.11. The molecule has 0 aliphatic heterocycles. The highest BCUT2D eigenvalue weighted by atomic mass is 17.2. The molecule has 0 saturated carbocycles. The number of aliphatic hydroxyl groups excluding tert-OH is 1. The highest BCUT2D eigenvalue weighted by Gasteiger charge is 2.15. The summed E-state index contributed by atoms with van der Waals surface area (Å²) in [5.74, 6) is -1.97. The Balaban J connectivity index is 3.61. The largest absolute Gasteiger partial charge is 0.481 e. The van der Waals surface area contributed by atoms with E-state index in [4.69, 9.17) is 10.2 Å². The molecule has 6 heteroatoms. The normalized spacial score (nSPS) is 12.2. The lowest BCUT2D eigenvalue weighted by Crippen LogP contribution is -2.18. The van der Waals surface area contributed by atoms with E-state index >= 15 is 0 Å². The summed E-state index contributed by atoms with van der Waals surface area (Å²) >= 11 is 0. The Kier molecular flexibility index (Phi) is 4.98. The molecule has 0 rings (SSSR count). The molecule has 0 aliphatic carbocycles. The SMILES string of the molecule is COOC(=O)CC(O)CC(=O)O. The van der Waals surface area contributed by atoms with Crippen molar-refractivity contribution in [1.29, 1.82) is 0 Å². The first-order chi connectivity index (χ1) is 5.56. The van der Waals surface area contributed by atoms with Crippen molar-refractivity contribution in [1.82, 2.24) is 0 Å². The minimum atomic E-state index is -1.23. The lowest BCUT2D eigenvalue weighted by molar-refractivity contribution is -0.256. The van der Waals surface area contributed by atoms with Crippen LogP contribution in [-0.4, -0.2) is 35.4 Å². The van der Waals surface area contributed by atoms with E-state index in [2.05, 4.69) is 9.78 Å². The van der Waals surface area contributed by atoms with Crippen LogP contribution in [0.2, 0.25) is 0 Å². The van der Waals surface area contributed by atoms with Gasteiger partial charge in [-0.05, 0) is 0 Å². The van der Waals surface area contributed by atoms with Crippen molar-refractivity contribution in [2.45, 2.75) is 18.9 Å². The molecule has 0 fully saturated rings. The number of carbonyl (C=O) groups is 2. The maximum atomic E-state index is 10.5. The van der Waals surface area contributed by atoms with E-state index in [9.17, 15) is 9.59 Å². The summed E-state index contributed by atoms with van der Waals surface area (Å²) in [4.78, 5) is 28.5. The summed E-state index contributed by atoms with van der Waals surface area (Å²) in [6.45, 7) is 0. The monoisotopic (exact) mass is 178 g/mol. The third-order valence-corrected chi connectivity index (χ3v) is 0.989. The Morgan fingerprint density at radius 2 is 2.00 bits per heavy atom. The first kappa shape index (κ1) is 10.9. The van der Waals surface area contributed by atoms with Crippen LogP contribution >= 0.6 is 0 Å². The van der Waals surface area contributed by atoms with Crippen molar-refractivity contribution in [3.63, 3.8) is 0 Å². The molecule has 0 aromatic heterocycles. The summed E-state index contributed by atoms with van der Waals surface area (Å²) in [7, 11) is 1.14. The van der Waals surface area contributed by atoms with Crippen LogP contribution in [0.3, 0.4) is 0 Å². The molecule has 0 radical (unpaired) electrons. The molecule has 0 saturated heterocycles. The Bertz CT molecular complexity index is 165. The molecule has 0 heterocycles. The summed E-state index contributed by atoms with van der Waals surface area (Å²) in [5, 5.41) is 17.1. The molecular weight excluding hydrogens is 168 g/mol. The van der Waals surface area contributed by atoms with Crippen LogP contribution < -0.4 is 0 Å². The molecule has 1 atom stereocenters. The van der Waals surface area contributed by atoms with Crippen molar-refractivity contribution in [2.24, 2.45) is 0 Å². The molecule has 1 unspecified atom stereocenters. The fourth-order valence-electron chi connectivity index (χ4n) is 0.593. The fourth-order valence-corrected chi connectivity index (χ4v) is 0.593. The second kappa shape index (κ2) is 5.50. The van der Waals surface area contributed by atoms with Gasteiger partial charge in [0.25, 0.3) is 0 Å². The smallest absolute Gasteiger partial charge is 0.344 e. The van der Waals surface area contributed by atoms with Crippen LogP contribution in [0.4, 0.5) is 0 Å². The van der Waals surface area contributed by atoms with Crippen LogP contribution in [0.1, 0.15) is 12.8 Å². The van der Waals surface area contributed by atoms with Gasteiger partial charge in [-0.1, -0.05) is 0 Å². The van der Waals surface area contributed by atoms with E-state index in [0.717, 1.165) is 7.11 Å². The lowest BCUT2D eigenvalue weighted by atomic mass is 10.2. The number of rotatable bonds is 5. The highest BCUT2D eigenvalue weighted by Crippen LogP contribution is 1.99. The van der Waals surface area contributed by atoms with E-state index in [1.165, 1.54) is 0 Å². The van der Waals surface area contributed by atoms with Gasteiger partial charge in [0.05, 0.1) is 26.1 Å². The zero-order chi connectivity index (χ0) is 9.56. The van der Waals surface area contributed by atoms with Gasteiger partial charge < -0.3 is 10.2 Å². The molecule has 2 N–H and O–H groups in total. The molecule has 12 heavy (non-hydrogen) atoms. The van der Waals surface area contributed by atoms with Gasteiger partial charge in [0.15, 0.2) is 0 Å². The fraction of sp³-hybridized carbons (Fsp3) is 0.667. The van der Waals surface area contributed by atoms with E-state index in [1.54, 1.807) is 0 Å². The first-order valence-corrected chi connectivity index (χ1v) is 3.19. The van der Waals surface area contributed by atoms with Gasteiger partial charge in [-0.15, -0.1) is 0 Å². The van der Waals surface area contributed by atoms with Crippen molar-refractivity contribution in [3.8, 4) is 0 Å². The Morgan fingerprint density at radius 1 is 1.42 bits per heavy atom. The second-order valence-corrected chi connectivity index (χ2v) is 2.08. The number of carboxylic acids is 1. The molecule has 0 spiro atoms. The minimum absolute atomic E-state index is 0.389. The topological polar surface area (TPSA) is 93.1 Å². The summed E-state index contributed by atoms with van der Waals surface area (Å²) < 4.78 is 0. The van der Waals surface area contributed by atoms with Gasteiger partial charge >= 0.3 is 11.9 Å². The Labute approximate surface area is 68.6 Å². The van der Waals surface area contributed by atoms with Gasteiger partial charge in [0, 0.05) is 0 Å². The Hall–Kier alpha value is -1.14. The number of carbonyl (C=O) groups excluding carboxylic acids is 1. The minimum Gasteiger partial charge on any atom is -0.481 e. The zero-order valence-electron chi connectivity index (χ0n) is 6.52. The zero-order valence-corrected chi connectivity index (χ0v) is 6.52. The number of hydrogen-bond donors (Lipinski definition) is 2. The number of hydrogen-bond acceptors (Lipinski definition) is 5. The second-order valence-electron chi connectivity index (χ2n) is 2.08. The predicted molar refractivity (Wildman–Crippen MR) is 36.0 cm³/mol. The quantitative estimate of drug-likeness (QED) is 0.428. The number of carboxylic acid groups (broad SMARTS) is 1. The third-order valence-electron chi connectivity index (χ3n) is 0.989. The number of aliphatic carboxylic acids is 1. The molecule has 70 valence electrons. The standard InChI is InChI=1S/C6H10O6/c1-11-12-6(10)3-4(7)2-5(8)9/h4,7H,2-3H2,1H3,(H,8,9). The molecular formula is C6H10O6. The molecule has 0 aromatic carbocycles. The van der Waals surface area contributed by atoms with Gasteiger partial charge in [-0.25, -0.2) is 4.79 Å². The molecule has 0 aromatic rings. The average Bonchev–Trinajstić information content (AvgIpc) is 1.84. The van der Waals surface area contributed by atoms with Crippen LogP contribution in [0.25, 0.3) is 0 Å².